The molecule has 6 nitrogen and oxygen atoms in total. The van der Waals surface area contributed by atoms with Crippen LogP contribution in [0.15, 0.2) is 30.3 Å². The number of carbonyl (C=O) groups is 2. The topological polar surface area (TPSA) is 65.5 Å². The first kappa shape index (κ1) is 20.3. The smallest absolute Gasteiger partial charge is 0.263 e. The monoisotopic (exact) mass is 400 g/mol. The summed E-state index contributed by atoms with van der Waals surface area (Å²) in [7, 11) is 0. The standard InChI is InChI=1S/C21H28N4O2S/c1-15(2)13-18-23-16(3)20(28-18)21(27)22-14-19(26)25-11-9-24(10-12-25)17-7-5-4-6-8-17/h4-8,15H,9-14H2,1-3H3,(H,22,27). The van der Waals surface area contributed by atoms with Gasteiger partial charge in [-0.05, 0) is 25.0 Å². The molecule has 1 N–H and O–H groups in total. The zero-order valence-electron chi connectivity index (χ0n) is 16.8. The van der Waals surface area contributed by atoms with Gasteiger partial charge in [-0.3, -0.25) is 9.59 Å². The van der Waals surface area contributed by atoms with E-state index in [0.717, 1.165) is 30.2 Å². The summed E-state index contributed by atoms with van der Waals surface area (Å²) in [6.45, 7) is 9.08. The summed E-state index contributed by atoms with van der Waals surface area (Å²) in [5.41, 5.74) is 1.92. The normalized spacial score (nSPS) is 14.4. The van der Waals surface area contributed by atoms with Crippen LogP contribution in [0.5, 0.6) is 0 Å². The molecule has 1 aliphatic rings. The number of aryl methyl sites for hydroxylation is 1. The maximum Gasteiger partial charge on any atom is 0.263 e. The average Bonchev–Trinajstić information content (AvgIpc) is 3.06. The van der Waals surface area contributed by atoms with Crippen molar-refractivity contribution in [1.29, 1.82) is 0 Å². The fraction of sp³-hybridized carbons (Fsp3) is 0.476. The summed E-state index contributed by atoms with van der Waals surface area (Å²) >= 11 is 1.43. The molecule has 1 aromatic carbocycles. The Morgan fingerprint density at radius 2 is 1.82 bits per heavy atom. The zero-order valence-corrected chi connectivity index (χ0v) is 17.6. The van der Waals surface area contributed by atoms with Crippen molar-refractivity contribution in [3.63, 3.8) is 0 Å². The lowest BCUT2D eigenvalue weighted by Crippen LogP contribution is -2.51. The van der Waals surface area contributed by atoms with Crippen molar-refractivity contribution in [3.8, 4) is 0 Å². The van der Waals surface area contributed by atoms with Crippen LogP contribution in [0.25, 0.3) is 0 Å². The van der Waals surface area contributed by atoms with Crippen LogP contribution in [0.4, 0.5) is 5.69 Å². The highest BCUT2D eigenvalue weighted by Gasteiger charge is 2.22. The second-order valence-electron chi connectivity index (χ2n) is 7.51. The molecule has 2 heterocycles. The number of anilines is 1. The van der Waals surface area contributed by atoms with E-state index in [2.05, 4.69) is 41.2 Å². The van der Waals surface area contributed by atoms with Gasteiger partial charge in [0.2, 0.25) is 5.91 Å². The van der Waals surface area contributed by atoms with Gasteiger partial charge in [0.25, 0.3) is 5.91 Å². The largest absolute Gasteiger partial charge is 0.368 e. The Morgan fingerprint density at radius 3 is 2.46 bits per heavy atom. The molecule has 0 saturated carbocycles. The Labute approximate surface area is 170 Å². The summed E-state index contributed by atoms with van der Waals surface area (Å²) in [5.74, 6) is 0.254. The van der Waals surface area contributed by atoms with Crippen molar-refractivity contribution in [2.24, 2.45) is 5.92 Å². The first-order valence-electron chi connectivity index (χ1n) is 9.76. The van der Waals surface area contributed by atoms with E-state index in [9.17, 15) is 9.59 Å². The Hall–Kier alpha value is -2.41. The lowest BCUT2D eigenvalue weighted by atomic mass is 10.1. The first-order chi connectivity index (χ1) is 13.4. The lowest BCUT2D eigenvalue weighted by molar-refractivity contribution is -0.130. The molecule has 1 fully saturated rings. The number of nitrogens with one attached hydrogen (secondary N) is 1. The molecule has 0 bridgehead atoms. The molecule has 1 aromatic heterocycles. The molecule has 0 atom stereocenters. The molecular weight excluding hydrogens is 372 g/mol. The second-order valence-corrected chi connectivity index (χ2v) is 8.59. The van der Waals surface area contributed by atoms with Gasteiger partial charge in [0, 0.05) is 38.3 Å². The number of carbonyl (C=O) groups excluding carboxylic acids is 2. The van der Waals surface area contributed by atoms with Crippen molar-refractivity contribution in [2.75, 3.05) is 37.6 Å². The van der Waals surface area contributed by atoms with Gasteiger partial charge in [0.1, 0.15) is 4.88 Å². The van der Waals surface area contributed by atoms with Crippen LogP contribution in [0, 0.1) is 12.8 Å². The third-order valence-corrected chi connectivity index (χ3v) is 5.96. The van der Waals surface area contributed by atoms with Crippen molar-refractivity contribution < 1.29 is 9.59 Å². The van der Waals surface area contributed by atoms with Gasteiger partial charge in [-0.2, -0.15) is 0 Å². The molecule has 3 rings (SSSR count). The summed E-state index contributed by atoms with van der Waals surface area (Å²) in [6, 6.07) is 10.2. The van der Waals surface area contributed by atoms with E-state index in [1.807, 2.05) is 30.0 Å². The molecule has 1 saturated heterocycles. The highest BCUT2D eigenvalue weighted by molar-refractivity contribution is 7.13. The number of amides is 2. The molecule has 0 spiro atoms. The van der Waals surface area contributed by atoms with Crippen molar-refractivity contribution >= 4 is 28.8 Å². The molecule has 7 heteroatoms. The molecule has 2 amide bonds. The first-order valence-corrected chi connectivity index (χ1v) is 10.6. The maximum atomic E-state index is 12.5. The number of piperazine rings is 1. The van der Waals surface area contributed by atoms with Crippen LogP contribution in [-0.4, -0.2) is 54.4 Å². The average molecular weight is 401 g/mol. The lowest BCUT2D eigenvalue weighted by Gasteiger charge is -2.36. The number of nitrogens with zero attached hydrogens (tertiary/aromatic N) is 3. The molecule has 0 radical (unpaired) electrons. The zero-order chi connectivity index (χ0) is 20.1. The Morgan fingerprint density at radius 1 is 1.14 bits per heavy atom. The fourth-order valence-corrected chi connectivity index (χ4v) is 4.49. The second kappa shape index (κ2) is 9.19. The Balaban J connectivity index is 1.48. The highest BCUT2D eigenvalue weighted by atomic mass is 32.1. The quantitative estimate of drug-likeness (QED) is 0.810. The van der Waals surface area contributed by atoms with Crippen LogP contribution >= 0.6 is 11.3 Å². The van der Waals surface area contributed by atoms with Gasteiger partial charge < -0.3 is 15.1 Å². The van der Waals surface area contributed by atoms with E-state index in [1.165, 1.54) is 17.0 Å². The van der Waals surface area contributed by atoms with Gasteiger partial charge in [0.15, 0.2) is 0 Å². The van der Waals surface area contributed by atoms with E-state index in [4.69, 9.17) is 0 Å². The Bertz CT molecular complexity index is 811. The SMILES string of the molecule is Cc1nc(CC(C)C)sc1C(=O)NCC(=O)N1CCN(c2ccccc2)CC1. The predicted octanol–water partition coefficient (Wildman–Crippen LogP) is 2.73. The minimum atomic E-state index is -0.207. The third-order valence-electron chi connectivity index (χ3n) is 4.78. The van der Waals surface area contributed by atoms with E-state index in [0.29, 0.717) is 23.9 Å². The van der Waals surface area contributed by atoms with Gasteiger partial charge in [-0.25, -0.2) is 4.98 Å². The minimum Gasteiger partial charge on any atom is -0.368 e. The number of rotatable bonds is 6. The summed E-state index contributed by atoms with van der Waals surface area (Å²) < 4.78 is 0. The summed E-state index contributed by atoms with van der Waals surface area (Å²) in [5, 5.41) is 3.75. The number of hydrogen-bond acceptors (Lipinski definition) is 5. The van der Waals surface area contributed by atoms with E-state index >= 15 is 0 Å². The number of benzene rings is 1. The molecule has 0 aliphatic carbocycles. The van der Waals surface area contributed by atoms with Gasteiger partial charge in [-0.15, -0.1) is 11.3 Å². The number of para-hydroxylation sites is 1. The highest BCUT2D eigenvalue weighted by Crippen LogP contribution is 2.20. The van der Waals surface area contributed by atoms with Crippen molar-refractivity contribution in [3.05, 3.63) is 45.9 Å². The molecule has 1 aliphatic heterocycles. The van der Waals surface area contributed by atoms with Crippen LogP contribution in [0.3, 0.4) is 0 Å². The number of hydrogen-bond donors (Lipinski definition) is 1. The molecular formula is C21H28N4O2S. The summed E-state index contributed by atoms with van der Waals surface area (Å²) in [4.78, 5) is 34.2. The predicted molar refractivity (Wildman–Crippen MR) is 113 cm³/mol. The van der Waals surface area contributed by atoms with Crippen LogP contribution in [0.1, 0.15) is 34.2 Å². The van der Waals surface area contributed by atoms with Crippen LogP contribution in [-0.2, 0) is 11.2 Å². The number of thiazole rings is 1. The fourth-order valence-electron chi connectivity index (χ4n) is 3.30. The minimum absolute atomic E-state index is 0.0288. The molecule has 28 heavy (non-hydrogen) atoms. The van der Waals surface area contributed by atoms with E-state index in [-0.39, 0.29) is 18.4 Å². The number of aromatic nitrogens is 1. The van der Waals surface area contributed by atoms with Crippen molar-refractivity contribution in [1.82, 2.24) is 15.2 Å². The van der Waals surface area contributed by atoms with Crippen molar-refractivity contribution in [2.45, 2.75) is 27.2 Å². The van der Waals surface area contributed by atoms with E-state index in [1.54, 1.807) is 0 Å². The third kappa shape index (κ3) is 5.10. The van der Waals surface area contributed by atoms with Crippen LogP contribution in [0.2, 0.25) is 0 Å². The maximum absolute atomic E-state index is 12.5. The van der Waals surface area contributed by atoms with E-state index < -0.39 is 0 Å². The van der Waals surface area contributed by atoms with Gasteiger partial charge >= 0.3 is 0 Å². The summed E-state index contributed by atoms with van der Waals surface area (Å²) in [6.07, 6.45) is 0.864. The molecule has 150 valence electrons. The molecule has 2 aromatic rings. The van der Waals surface area contributed by atoms with Gasteiger partial charge in [-0.1, -0.05) is 32.0 Å². The molecule has 0 unspecified atom stereocenters. The Kier molecular flexibility index (Phi) is 6.67. The van der Waals surface area contributed by atoms with Crippen LogP contribution < -0.4 is 10.2 Å². The van der Waals surface area contributed by atoms with Gasteiger partial charge in [0.05, 0.1) is 17.2 Å².